The van der Waals surface area contributed by atoms with Crippen molar-refractivity contribution in [2.24, 2.45) is 5.92 Å². The highest BCUT2D eigenvalue weighted by atomic mass is 14.9. The second-order valence-corrected chi connectivity index (χ2v) is 4.65. The monoisotopic (exact) mass is 206 g/mol. The number of likely N-dealkylation sites (N-methyl/N-ethyl adjacent to an activating group) is 1. The summed E-state index contributed by atoms with van der Waals surface area (Å²) in [6.45, 7) is 6.58. The Morgan fingerprint density at radius 3 is 2.53 bits per heavy atom. The molecule has 0 saturated carbocycles. The van der Waals surface area contributed by atoms with Gasteiger partial charge in [-0.1, -0.05) is 19.9 Å². The molecule has 0 bridgehead atoms. The zero-order valence-corrected chi connectivity index (χ0v) is 10.2. The largest absolute Gasteiger partial charge is 0.317 e. The van der Waals surface area contributed by atoms with Gasteiger partial charge < -0.3 is 5.32 Å². The molecule has 0 aromatic carbocycles. The van der Waals surface area contributed by atoms with Gasteiger partial charge in [-0.2, -0.15) is 0 Å². The molecule has 0 aliphatic heterocycles. The number of aryl methyl sites for hydroxylation is 1. The Morgan fingerprint density at radius 1 is 1.33 bits per heavy atom. The number of pyridine rings is 1. The molecule has 1 rings (SSSR count). The standard InChI is InChI=1S/C13H22N2/c1-10(2)7-13(14-4)8-12-6-5-11(3)9-15-12/h5-6,9-10,13-14H,7-8H2,1-4H3. The molecular weight excluding hydrogens is 184 g/mol. The minimum atomic E-state index is 0.542. The van der Waals surface area contributed by atoms with E-state index in [1.54, 1.807) is 0 Å². The maximum atomic E-state index is 4.43. The highest BCUT2D eigenvalue weighted by Gasteiger charge is 2.09. The summed E-state index contributed by atoms with van der Waals surface area (Å²) < 4.78 is 0. The van der Waals surface area contributed by atoms with Crippen LogP contribution < -0.4 is 5.32 Å². The van der Waals surface area contributed by atoms with Crippen molar-refractivity contribution in [3.63, 3.8) is 0 Å². The minimum absolute atomic E-state index is 0.542. The van der Waals surface area contributed by atoms with Gasteiger partial charge in [0.1, 0.15) is 0 Å². The third kappa shape index (κ3) is 4.43. The number of nitrogens with one attached hydrogen (secondary N) is 1. The summed E-state index contributed by atoms with van der Waals surface area (Å²) in [6, 6.07) is 4.80. The lowest BCUT2D eigenvalue weighted by Gasteiger charge is -2.17. The molecule has 0 aliphatic rings. The number of hydrogen-bond acceptors (Lipinski definition) is 2. The zero-order valence-electron chi connectivity index (χ0n) is 10.2. The van der Waals surface area contributed by atoms with E-state index in [9.17, 15) is 0 Å². The fourth-order valence-electron chi connectivity index (χ4n) is 1.74. The fourth-order valence-corrected chi connectivity index (χ4v) is 1.74. The van der Waals surface area contributed by atoms with E-state index in [1.807, 2.05) is 13.2 Å². The van der Waals surface area contributed by atoms with Crippen molar-refractivity contribution < 1.29 is 0 Å². The Balaban J connectivity index is 2.54. The molecule has 1 N–H and O–H groups in total. The highest BCUT2D eigenvalue weighted by Crippen LogP contribution is 2.09. The van der Waals surface area contributed by atoms with Crippen molar-refractivity contribution in [2.45, 2.75) is 39.7 Å². The number of aromatic nitrogens is 1. The predicted molar refractivity (Wildman–Crippen MR) is 65.0 cm³/mol. The van der Waals surface area contributed by atoms with Crippen LogP contribution in [0.5, 0.6) is 0 Å². The van der Waals surface area contributed by atoms with Crippen molar-refractivity contribution in [1.29, 1.82) is 0 Å². The lowest BCUT2D eigenvalue weighted by molar-refractivity contribution is 0.438. The van der Waals surface area contributed by atoms with Crippen LogP contribution in [0.1, 0.15) is 31.5 Å². The molecule has 1 atom stereocenters. The van der Waals surface area contributed by atoms with Crippen LogP contribution in [0.4, 0.5) is 0 Å². The van der Waals surface area contributed by atoms with E-state index >= 15 is 0 Å². The van der Waals surface area contributed by atoms with Crippen LogP contribution in [-0.2, 0) is 6.42 Å². The van der Waals surface area contributed by atoms with Gasteiger partial charge in [-0.25, -0.2) is 0 Å². The third-order valence-corrected chi connectivity index (χ3v) is 2.59. The van der Waals surface area contributed by atoms with Crippen LogP contribution in [0.15, 0.2) is 18.3 Å². The Hall–Kier alpha value is -0.890. The SMILES string of the molecule is CNC(Cc1ccc(C)cn1)CC(C)C. The van der Waals surface area contributed by atoms with Gasteiger partial charge in [0.15, 0.2) is 0 Å². The molecule has 15 heavy (non-hydrogen) atoms. The summed E-state index contributed by atoms with van der Waals surface area (Å²) in [5.74, 6) is 0.730. The number of rotatable bonds is 5. The predicted octanol–water partition coefficient (Wildman–Crippen LogP) is 2.57. The first-order valence-electron chi connectivity index (χ1n) is 5.70. The average molecular weight is 206 g/mol. The van der Waals surface area contributed by atoms with E-state index in [-0.39, 0.29) is 0 Å². The number of nitrogens with zero attached hydrogens (tertiary/aromatic N) is 1. The quantitative estimate of drug-likeness (QED) is 0.801. The Morgan fingerprint density at radius 2 is 2.07 bits per heavy atom. The van der Waals surface area contributed by atoms with E-state index in [0.717, 1.165) is 12.3 Å². The first-order valence-corrected chi connectivity index (χ1v) is 5.70. The second-order valence-electron chi connectivity index (χ2n) is 4.65. The summed E-state index contributed by atoms with van der Waals surface area (Å²) in [4.78, 5) is 4.43. The van der Waals surface area contributed by atoms with Crippen LogP contribution in [0, 0.1) is 12.8 Å². The second kappa shape index (κ2) is 5.86. The van der Waals surface area contributed by atoms with Crippen LogP contribution in [0.25, 0.3) is 0 Å². The molecule has 0 spiro atoms. The van der Waals surface area contributed by atoms with Crippen molar-refractivity contribution in [3.8, 4) is 0 Å². The van der Waals surface area contributed by atoms with Crippen molar-refractivity contribution in [2.75, 3.05) is 7.05 Å². The average Bonchev–Trinajstić information content (AvgIpc) is 2.19. The lowest BCUT2D eigenvalue weighted by atomic mass is 9.99. The van der Waals surface area contributed by atoms with Crippen LogP contribution in [0.2, 0.25) is 0 Å². The summed E-state index contributed by atoms with van der Waals surface area (Å²) >= 11 is 0. The molecule has 0 amide bonds. The van der Waals surface area contributed by atoms with Gasteiger partial charge in [-0.05, 0) is 37.9 Å². The zero-order chi connectivity index (χ0) is 11.3. The molecule has 2 heteroatoms. The Labute approximate surface area is 93.1 Å². The van der Waals surface area contributed by atoms with Crippen molar-refractivity contribution in [3.05, 3.63) is 29.6 Å². The maximum absolute atomic E-state index is 4.43. The van der Waals surface area contributed by atoms with Gasteiger partial charge in [-0.15, -0.1) is 0 Å². The normalized spacial score (nSPS) is 13.1. The van der Waals surface area contributed by atoms with Gasteiger partial charge in [0.05, 0.1) is 0 Å². The van der Waals surface area contributed by atoms with Gasteiger partial charge >= 0.3 is 0 Å². The van der Waals surface area contributed by atoms with Gasteiger partial charge in [0.2, 0.25) is 0 Å². The first kappa shape index (κ1) is 12.2. The molecule has 0 fully saturated rings. The Bertz CT molecular complexity index is 277. The van der Waals surface area contributed by atoms with E-state index < -0.39 is 0 Å². The molecular formula is C13H22N2. The topological polar surface area (TPSA) is 24.9 Å². The molecule has 1 unspecified atom stereocenters. The molecule has 1 aromatic heterocycles. The van der Waals surface area contributed by atoms with Crippen LogP contribution in [0.3, 0.4) is 0 Å². The van der Waals surface area contributed by atoms with Crippen molar-refractivity contribution in [1.82, 2.24) is 10.3 Å². The maximum Gasteiger partial charge on any atom is 0.0419 e. The summed E-state index contributed by atoms with van der Waals surface area (Å²) in [6.07, 6.45) is 4.17. The van der Waals surface area contributed by atoms with E-state index in [4.69, 9.17) is 0 Å². The summed E-state index contributed by atoms with van der Waals surface area (Å²) in [5.41, 5.74) is 2.41. The molecule has 0 radical (unpaired) electrons. The summed E-state index contributed by atoms with van der Waals surface area (Å²) in [7, 11) is 2.03. The molecule has 2 nitrogen and oxygen atoms in total. The van der Waals surface area contributed by atoms with Crippen LogP contribution in [-0.4, -0.2) is 18.1 Å². The minimum Gasteiger partial charge on any atom is -0.317 e. The molecule has 1 aromatic rings. The molecule has 84 valence electrons. The van der Waals surface area contributed by atoms with E-state index in [0.29, 0.717) is 6.04 Å². The first-order chi connectivity index (χ1) is 7.11. The smallest absolute Gasteiger partial charge is 0.0419 e. The fraction of sp³-hybridized carbons (Fsp3) is 0.615. The third-order valence-electron chi connectivity index (χ3n) is 2.59. The molecule has 1 heterocycles. The van der Waals surface area contributed by atoms with E-state index in [2.05, 4.69) is 43.2 Å². The van der Waals surface area contributed by atoms with Crippen molar-refractivity contribution >= 4 is 0 Å². The Kier molecular flexibility index (Phi) is 4.76. The van der Waals surface area contributed by atoms with E-state index in [1.165, 1.54) is 17.7 Å². The van der Waals surface area contributed by atoms with Gasteiger partial charge in [-0.3, -0.25) is 4.98 Å². The molecule has 0 saturated heterocycles. The summed E-state index contributed by atoms with van der Waals surface area (Å²) in [5, 5.41) is 3.36. The van der Waals surface area contributed by atoms with Gasteiger partial charge in [0, 0.05) is 24.4 Å². The highest BCUT2D eigenvalue weighted by molar-refractivity contribution is 5.13. The van der Waals surface area contributed by atoms with Crippen LogP contribution >= 0.6 is 0 Å². The lowest BCUT2D eigenvalue weighted by Crippen LogP contribution is -2.29. The molecule has 0 aliphatic carbocycles. The number of hydrogen-bond donors (Lipinski definition) is 1. The van der Waals surface area contributed by atoms with Gasteiger partial charge in [0.25, 0.3) is 0 Å².